The van der Waals surface area contributed by atoms with E-state index in [0.29, 0.717) is 19.8 Å². The molecule has 0 spiro atoms. The van der Waals surface area contributed by atoms with Gasteiger partial charge in [0.05, 0.1) is 13.2 Å². The zero-order valence-corrected chi connectivity index (χ0v) is 12.6. The molecule has 0 fully saturated rings. The summed E-state index contributed by atoms with van der Waals surface area (Å²) < 4.78 is 11.4. The maximum atomic E-state index is 5.79. The highest BCUT2D eigenvalue weighted by Crippen LogP contribution is 2.17. The summed E-state index contributed by atoms with van der Waals surface area (Å²) in [6, 6.07) is 12.2. The van der Waals surface area contributed by atoms with Crippen LogP contribution in [0.2, 0.25) is 0 Å². The number of benzene rings is 1. The summed E-state index contributed by atoms with van der Waals surface area (Å²) in [6.07, 6.45) is 0. The topological polar surface area (TPSA) is 30.5 Å². The van der Waals surface area contributed by atoms with Gasteiger partial charge in [0.2, 0.25) is 0 Å². The van der Waals surface area contributed by atoms with Gasteiger partial charge >= 0.3 is 0 Å². The zero-order valence-electron chi connectivity index (χ0n) is 11.8. The van der Waals surface area contributed by atoms with Crippen molar-refractivity contribution in [2.24, 2.45) is 0 Å². The van der Waals surface area contributed by atoms with Crippen LogP contribution in [-0.2, 0) is 17.9 Å². The number of hydrogen-bond donors (Lipinski definition) is 1. The van der Waals surface area contributed by atoms with Crippen molar-refractivity contribution in [2.45, 2.75) is 20.1 Å². The highest BCUT2D eigenvalue weighted by atomic mass is 32.1. The van der Waals surface area contributed by atoms with Gasteiger partial charge in [0.25, 0.3) is 0 Å². The summed E-state index contributed by atoms with van der Waals surface area (Å²) in [5.74, 6) is 0.938. The summed E-state index contributed by atoms with van der Waals surface area (Å²) in [6.45, 7) is 5.74. The normalized spacial score (nSPS) is 10.7. The van der Waals surface area contributed by atoms with Gasteiger partial charge in [-0.2, -0.15) is 0 Å². The van der Waals surface area contributed by atoms with Gasteiger partial charge in [-0.05, 0) is 24.1 Å². The largest absolute Gasteiger partial charge is 0.491 e. The van der Waals surface area contributed by atoms with E-state index in [1.54, 1.807) is 11.3 Å². The molecule has 0 aliphatic rings. The van der Waals surface area contributed by atoms with Gasteiger partial charge in [0.15, 0.2) is 0 Å². The molecule has 0 bridgehead atoms. The third kappa shape index (κ3) is 4.96. The van der Waals surface area contributed by atoms with Crippen LogP contribution >= 0.6 is 11.3 Å². The molecular weight excluding hydrogens is 270 g/mol. The monoisotopic (exact) mass is 291 g/mol. The molecule has 2 rings (SSSR count). The number of rotatable bonds is 9. The molecule has 1 N–H and O–H groups in total. The zero-order chi connectivity index (χ0) is 14.0. The van der Waals surface area contributed by atoms with Crippen molar-refractivity contribution in [1.29, 1.82) is 0 Å². The molecule has 2 aromatic rings. The van der Waals surface area contributed by atoms with Crippen LogP contribution in [0.15, 0.2) is 41.8 Å². The fraction of sp³-hybridized carbons (Fsp3) is 0.375. The maximum Gasteiger partial charge on any atom is 0.123 e. The Morgan fingerprint density at radius 3 is 2.80 bits per heavy atom. The Hall–Kier alpha value is -1.36. The number of nitrogens with one attached hydrogen (secondary N) is 1. The second-order valence-electron chi connectivity index (χ2n) is 4.37. The van der Waals surface area contributed by atoms with Crippen molar-refractivity contribution in [3.05, 3.63) is 52.2 Å². The van der Waals surface area contributed by atoms with Gasteiger partial charge in [-0.15, -0.1) is 11.3 Å². The molecule has 0 saturated heterocycles. The van der Waals surface area contributed by atoms with Gasteiger partial charge in [0, 0.05) is 17.0 Å². The molecular formula is C16H21NO2S. The van der Waals surface area contributed by atoms with Gasteiger partial charge < -0.3 is 14.8 Å². The Morgan fingerprint density at radius 2 is 2.00 bits per heavy atom. The van der Waals surface area contributed by atoms with Crippen LogP contribution in [0.3, 0.4) is 0 Å². The second kappa shape index (κ2) is 8.74. The fourth-order valence-corrected chi connectivity index (χ4v) is 2.47. The van der Waals surface area contributed by atoms with E-state index in [1.165, 1.54) is 10.4 Å². The van der Waals surface area contributed by atoms with Crippen LogP contribution in [0.4, 0.5) is 0 Å². The van der Waals surface area contributed by atoms with Crippen LogP contribution in [0.1, 0.15) is 17.4 Å². The Labute approximate surface area is 124 Å². The third-order valence-electron chi connectivity index (χ3n) is 2.85. The lowest BCUT2D eigenvalue weighted by molar-refractivity contribution is 0.0902. The highest BCUT2D eigenvalue weighted by molar-refractivity contribution is 7.09. The van der Waals surface area contributed by atoms with Crippen molar-refractivity contribution in [3.63, 3.8) is 0 Å². The Morgan fingerprint density at radius 1 is 1.10 bits per heavy atom. The Bertz CT molecular complexity index is 485. The first-order valence-electron chi connectivity index (χ1n) is 6.91. The minimum Gasteiger partial charge on any atom is -0.491 e. The summed E-state index contributed by atoms with van der Waals surface area (Å²) in [4.78, 5) is 1.25. The molecule has 0 saturated carbocycles. The minimum atomic E-state index is 0.578. The molecule has 0 radical (unpaired) electrons. The minimum absolute atomic E-state index is 0.578. The highest BCUT2D eigenvalue weighted by Gasteiger charge is 2.02. The predicted molar refractivity (Wildman–Crippen MR) is 83.3 cm³/mol. The molecule has 4 heteroatoms. The van der Waals surface area contributed by atoms with Gasteiger partial charge in [-0.3, -0.25) is 0 Å². The first kappa shape index (κ1) is 15.0. The van der Waals surface area contributed by atoms with Crippen LogP contribution in [-0.4, -0.2) is 19.8 Å². The van der Waals surface area contributed by atoms with Crippen LogP contribution in [0.25, 0.3) is 0 Å². The molecule has 3 nitrogen and oxygen atoms in total. The SMILES string of the molecule is CCNCc1ccccc1OCCOCc1cccs1. The van der Waals surface area contributed by atoms with E-state index in [2.05, 4.69) is 29.8 Å². The molecule has 1 heterocycles. The van der Waals surface area contributed by atoms with Gasteiger partial charge in [-0.1, -0.05) is 31.2 Å². The first-order chi connectivity index (χ1) is 9.90. The molecule has 0 aliphatic carbocycles. The quantitative estimate of drug-likeness (QED) is 0.718. The lowest BCUT2D eigenvalue weighted by atomic mass is 10.2. The standard InChI is InChI=1S/C16H21NO2S/c1-2-17-12-14-6-3-4-8-16(14)19-10-9-18-13-15-7-5-11-20-15/h3-8,11,17H,2,9-10,12-13H2,1H3. The summed E-state index contributed by atoms with van der Waals surface area (Å²) in [7, 11) is 0. The molecule has 0 amide bonds. The van der Waals surface area contributed by atoms with E-state index in [1.807, 2.05) is 24.3 Å². The third-order valence-corrected chi connectivity index (χ3v) is 3.70. The molecule has 20 heavy (non-hydrogen) atoms. The Balaban J connectivity index is 1.70. The lowest BCUT2D eigenvalue weighted by Gasteiger charge is -2.11. The van der Waals surface area contributed by atoms with E-state index in [-0.39, 0.29) is 0 Å². The molecule has 0 aliphatic heterocycles. The van der Waals surface area contributed by atoms with Crippen LogP contribution in [0, 0.1) is 0 Å². The van der Waals surface area contributed by atoms with Gasteiger partial charge in [0.1, 0.15) is 12.4 Å². The van der Waals surface area contributed by atoms with Crippen molar-refractivity contribution in [1.82, 2.24) is 5.32 Å². The number of para-hydroxylation sites is 1. The average Bonchev–Trinajstić information content (AvgIpc) is 2.99. The molecule has 1 aromatic heterocycles. The average molecular weight is 291 g/mol. The van der Waals surface area contributed by atoms with Crippen molar-refractivity contribution >= 4 is 11.3 Å². The first-order valence-corrected chi connectivity index (χ1v) is 7.79. The summed E-state index contributed by atoms with van der Waals surface area (Å²) >= 11 is 1.71. The summed E-state index contributed by atoms with van der Waals surface area (Å²) in [5, 5.41) is 5.38. The lowest BCUT2D eigenvalue weighted by Crippen LogP contribution is -2.14. The van der Waals surface area contributed by atoms with Crippen LogP contribution < -0.4 is 10.1 Å². The van der Waals surface area contributed by atoms with E-state index in [9.17, 15) is 0 Å². The number of ether oxygens (including phenoxy) is 2. The predicted octanol–water partition coefficient (Wildman–Crippen LogP) is 3.45. The molecule has 1 aromatic carbocycles. The van der Waals surface area contributed by atoms with Gasteiger partial charge in [-0.25, -0.2) is 0 Å². The van der Waals surface area contributed by atoms with Crippen molar-refractivity contribution < 1.29 is 9.47 Å². The van der Waals surface area contributed by atoms with E-state index in [0.717, 1.165) is 18.8 Å². The van der Waals surface area contributed by atoms with E-state index >= 15 is 0 Å². The summed E-state index contributed by atoms with van der Waals surface area (Å²) in [5.41, 5.74) is 1.19. The molecule has 0 unspecified atom stereocenters. The van der Waals surface area contributed by atoms with Crippen molar-refractivity contribution in [3.8, 4) is 5.75 Å². The fourth-order valence-electron chi connectivity index (χ4n) is 1.83. The van der Waals surface area contributed by atoms with E-state index < -0.39 is 0 Å². The van der Waals surface area contributed by atoms with E-state index in [4.69, 9.17) is 9.47 Å². The van der Waals surface area contributed by atoms with Crippen LogP contribution in [0.5, 0.6) is 5.75 Å². The molecule has 0 atom stereocenters. The molecule has 108 valence electrons. The maximum absolute atomic E-state index is 5.79. The number of thiophene rings is 1. The second-order valence-corrected chi connectivity index (χ2v) is 5.40. The number of hydrogen-bond acceptors (Lipinski definition) is 4. The smallest absolute Gasteiger partial charge is 0.123 e. The van der Waals surface area contributed by atoms with Crippen molar-refractivity contribution in [2.75, 3.05) is 19.8 Å². The Kier molecular flexibility index (Phi) is 6.57.